The van der Waals surface area contributed by atoms with Crippen LogP contribution in [-0.2, 0) is 4.74 Å². The number of cyclic esters (lactones) is 1. The second-order valence-electron chi connectivity index (χ2n) is 6.73. The SMILES string of the molecule is O=C1NC(CC2CCCCC2)C(CC[C@H](F)c2ccccn2)O1. The van der Waals surface area contributed by atoms with Gasteiger partial charge in [0, 0.05) is 6.20 Å². The summed E-state index contributed by atoms with van der Waals surface area (Å²) < 4.78 is 19.6. The second-order valence-corrected chi connectivity index (χ2v) is 6.73. The van der Waals surface area contributed by atoms with Gasteiger partial charge in [-0.3, -0.25) is 4.98 Å². The Kier molecular flexibility index (Phi) is 5.47. The maximum atomic E-state index is 14.2. The zero-order valence-corrected chi connectivity index (χ0v) is 13.4. The van der Waals surface area contributed by atoms with Gasteiger partial charge in [0.1, 0.15) is 12.3 Å². The molecule has 1 aliphatic heterocycles. The van der Waals surface area contributed by atoms with Crippen molar-refractivity contribution in [3.05, 3.63) is 30.1 Å². The average Bonchev–Trinajstić information content (AvgIpc) is 2.94. The number of alkyl halides is 1. The first-order valence-corrected chi connectivity index (χ1v) is 8.74. The Morgan fingerprint density at radius 3 is 2.87 bits per heavy atom. The summed E-state index contributed by atoms with van der Waals surface area (Å²) in [7, 11) is 0. The molecule has 1 saturated heterocycles. The molecule has 0 aromatic carbocycles. The average molecular weight is 320 g/mol. The van der Waals surface area contributed by atoms with Crippen molar-refractivity contribution in [1.29, 1.82) is 0 Å². The molecule has 0 spiro atoms. The number of amides is 1. The zero-order valence-electron chi connectivity index (χ0n) is 13.4. The molecule has 3 rings (SSSR count). The normalized spacial score (nSPS) is 26.6. The van der Waals surface area contributed by atoms with Crippen LogP contribution in [0.4, 0.5) is 9.18 Å². The van der Waals surface area contributed by atoms with Gasteiger partial charge in [0.05, 0.1) is 11.7 Å². The Morgan fingerprint density at radius 1 is 1.30 bits per heavy atom. The van der Waals surface area contributed by atoms with Gasteiger partial charge in [-0.1, -0.05) is 38.2 Å². The Balaban J connectivity index is 1.51. The molecule has 2 fully saturated rings. The molecule has 4 nitrogen and oxygen atoms in total. The van der Waals surface area contributed by atoms with E-state index >= 15 is 0 Å². The van der Waals surface area contributed by atoms with E-state index < -0.39 is 6.17 Å². The number of ether oxygens (including phenoxy) is 1. The molecule has 0 bridgehead atoms. The summed E-state index contributed by atoms with van der Waals surface area (Å²) in [4.78, 5) is 15.6. The third-order valence-corrected chi connectivity index (χ3v) is 5.04. The summed E-state index contributed by atoms with van der Waals surface area (Å²) in [6.07, 6.45) is 8.10. The number of alkyl carbamates (subject to hydrolysis) is 1. The molecule has 5 heteroatoms. The maximum Gasteiger partial charge on any atom is 0.407 e. The number of carbonyl (C=O) groups is 1. The van der Waals surface area contributed by atoms with Crippen LogP contribution in [-0.4, -0.2) is 23.2 Å². The van der Waals surface area contributed by atoms with E-state index in [1.165, 1.54) is 32.1 Å². The van der Waals surface area contributed by atoms with E-state index in [1.54, 1.807) is 24.4 Å². The number of rotatable bonds is 6. The predicted molar refractivity (Wildman–Crippen MR) is 85.7 cm³/mol. The first-order chi connectivity index (χ1) is 11.2. The van der Waals surface area contributed by atoms with Gasteiger partial charge >= 0.3 is 6.09 Å². The molecule has 3 atom stereocenters. The highest BCUT2D eigenvalue weighted by molar-refractivity contribution is 5.70. The van der Waals surface area contributed by atoms with E-state index in [9.17, 15) is 9.18 Å². The first-order valence-electron chi connectivity index (χ1n) is 8.74. The summed E-state index contributed by atoms with van der Waals surface area (Å²) in [5.41, 5.74) is 0.452. The van der Waals surface area contributed by atoms with E-state index in [-0.39, 0.29) is 18.2 Å². The highest BCUT2D eigenvalue weighted by Crippen LogP contribution is 2.31. The van der Waals surface area contributed by atoms with E-state index in [0.29, 0.717) is 24.5 Å². The number of pyridine rings is 1. The van der Waals surface area contributed by atoms with Gasteiger partial charge < -0.3 is 10.1 Å². The molecular formula is C18H25FN2O2. The molecule has 126 valence electrons. The van der Waals surface area contributed by atoms with Crippen LogP contribution in [0.1, 0.15) is 63.2 Å². The molecule has 2 heterocycles. The summed E-state index contributed by atoms with van der Waals surface area (Å²) in [6.45, 7) is 0. The lowest BCUT2D eigenvalue weighted by Gasteiger charge is -2.26. The van der Waals surface area contributed by atoms with Crippen molar-refractivity contribution in [2.45, 2.75) is 69.7 Å². The predicted octanol–water partition coefficient (Wildman–Crippen LogP) is 4.32. The lowest BCUT2D eigenvalue weighted by atomic mass is 9.83. The topological polar surface area (TPSA) is 51.2 Å². The van der Waals surface area contributed by atoms with Crippen LogP contribution >= 0.6 is 0 Å². The monoisotopic (exact) mass is 320 g/mol. The van der Waals surface area contributed by atoms with Crippen LogP contribution in [0.3, 0.4) is 0 Å². The van der Waals surface area contributed by atoms with Gasteiger partial charge in [-0.05, 0) is 37.3 Å². The molecule has 1 aliphatic carbocycles. The van der Waals surface area contributed by atoms with Gasteiger partial charge in [0.2, 0.25) is 0 Å². The fourth-order valence-corrected chi connectivity index (χ4v) is 3.77. The van der Waals surface area contributed by atoms with E-state index in [4.69, 9.17) is 4.74 Å². The van der Waals surface area contributed by atoms with Crippen molar-refractivity contribution in [2.75, 3.05) is 0 Å². The molecule has 23 heavy (non-hydrogen) atoms. The zero-order chi connectivity index (χ0) is 16.1. The molecule has 1 aromatic rings. The van der Waals surface area contributed by atoms with Crippen molar-refractivity contribution >= 4 is 6.09 Å². The number of carbonyl (C=O) groups excluding carboxylic acids is 1. The van der Waals surface area contributed by atoms with Gasteiger partial charge in [-0.2, -0.15) is 0 Å². The van der Waals surface area contributed by atoms with Crippen LogP contribution in [0.2, 0.25) is 0 Å². The van der Waals surface area contributed by atoms with Gasteiger partial charge in [0.25, 0.3) is 0 Å². The summed E-state index contributed by atoms with van der Waals surface area (Å²) in [5, 5.41) is 2.92. The summed E-state index contributed by atoms with van der Waals surface area (Å²) in [5.74, 6) is 0.662. The number of nitrogens with one attached hydrogen (secondary N) is 1. The Labute approximate surface area is 136 Å². The highest BCUT2D eigenvalue weighted by Gasteiger charge is 2.36. The molecule has 2 aliphatic rings. The summed E-state index contributed by atoms with van der Waals surface area (Å²) in [6, 6.07) is 5.29. The van der Waals surface area contributed by atoms with Crippen LogP contribution < -0.4 is 5.32 Å². The highest BCUT2D eigenvalue weighted by atomic mass is 19.1. The minimum atomic E-state index is -1.11. The molecule has 1 aromatic heterocycles. The minimum absolute atomic E-state index is 0.0292. The molecule has 2 unspecified atom stereocenters. The number of nitrogens with zero attached hydrogens (tertiary/aromatic N) is 1. The van der Waals surface area contributed by atoms with Crippen molar-refractivity contribution < 1.29 is 13.9 Å². The third-order valence-electron chi connectivity index (χ3n) is 5.04. The van der Waals surface area contributed by atoms with Crippen LogP contribution in [0.5, 0.6) is 0 Å². The number of halogens is 1. The quantitative estimate of drug-likeness (QED) is 0.849. The number of aromatic nitrogens is 1. The van der Waals surface area contributed by atoms with Crippen LogP contribution in [0.15, 0.2) is 24.4 Å². The van der Waals surface area contributed by atoms with E-state index in [1.807, 2.05) is 0 Å². The Morgan fingerprint density at radius 2 is 2.13 bits per heavy atom. The Bertz CT molecular complexity index is 505. The molecule has 1 saturated carbocycles. The molecule has 1 N–H and O–H groups in total. The lowest BCUT2D eigenvalue weighted by Crippen LogP contribution is -2.34. The Hall–Kier alpha value is -1.65. The minimum Gasteiger partial charge on any atom is -0.444 e. The van der Waals surface area contributed by atoms with Gasteiger partial charge in [-0.25, -0.2) is 9.18 Å². The van der Waals surface area contributed by atoms with Crippen LogP contribution in [0.25, 0.3) is 0 Å². The fourth-order valence-electron chi connectivity index (χ4n) is 3.77. The maximum absolute atomic E-state index is 14.2. The van der Waals surface area contributed by atoms with Crippen LogP contribution in [0, 0.1) is 5.92 Å². The van der Waals surface area contributed by atoms with Crippen molar-refractivity contribution in [1.82, 2.24) is 10.3 Å². The van der Waals surface area contributed by atoms with Gasteiger partial charge in [-0.15, -0.1) is 0 Å². The molecule has 1 amide bonds. The standard InChI is InChI=1S/C18H25FN2O2/c19-14(15-8-4-5-11-20-15)9-10-17-16(21-18(22)23-17)12-13-6-2-1-3-7-13/h4-5,8,11,13-14,16-17H,1-3,6-7,9-10,12H2,(H,21,22)/t14-,16?,17?/m0/s1. The van der Waals surface area contributed by atoms with E-state index in [2.05, 4.69) is 10.3 Å². The summed E-state index contributed by atoms with van der Waals surface area (Å²) >= 11 is 0. The smallest absolute Gasteiger partial charge is 0.407 e. The molecule has 0 radical (unpaired) electrons. The lowest BCUT2D eigenvalue weighted by molar-refractivity contribution is 0.111. The second kappa shape index (κ2) is 7.75. The largest absolute Gasteiger partial charge is 0.444 e. The van der Waals surface area contributed by atoms with Crippen molar-refractivity contribution in [3.8, 4) is 0 Å². The number of hydrogen-bond acceptors (Lipinski definition) is 3. The first kappa shape index (κ1) is 16.2. The van der Waals surface area contributed by atoms with Gasteiger partial charge in [0.15, 0.2) is 0 Å². The molecular weight excluding hydrogens is 295 g/mol. The fraction of sp³-hybridized carbons (Fsp3) is 0.667. The van der Waals surface area contributed by atoms with E-state index in [0.717, 1.165) is 6.42 Å². The van der Waals surface area contributed by atoms with Crippen molar-refractivity contribution in [2.24, 2.45) is 5.92 Å². The third kappa shape index (κ3) is 4.43. The number of hydrogen-bond donors (Lipinski definition) is 1. The van der Waals surface area contributed by atoms with Crippen molar-refractivity contribution in [3.63, 3.8) is 0 Å².